The number of nitrogens with zero attached hydrogens (tertiary/aromatic N) is 4. The highest BCUT2D eigenvalue weighted by atomic mass is 35.5. The van der Waals surface area contributed by atoms with Gasteiger partial charge in [0.2, 0.25) is 5.88 Å². The molecule has 2 aromatic carbocycles. The Balaban J connectivity index is 1.41. The van der Waals surface area contributed by atoms with Crippen LogP contribution in [-0.2, 0) is 0 Å². The van der Waals surface area contributed by atoms with Crippen LogP contribution in [-0.4, -0.2) is 38.9 Å². The summed E-state index contributed by atoms with van der Waals surface area (Å²) in [5.41, 5.74) is 1.61. The zero-order chi connectivity index (χ0) is 20.2. The van der Waals surface area contributed by atoms with Crippen LogP contribution in [0, 0.1) is 5.82 Å². The first-order valence-electron chi connectivity index (χ1n) is 8.76. The van der Waals surface area contributed by atoms with Crippen LogP contribution in [0.25, 0.3) is 17.0 Å². The lowest BCUT2D eigenvalue weighted by atomic mass is 10.2. The number of benzene rings is 2. The molecule has 4 rings (SSSR count). The van der Waals surface area contributed by atoms with Gasteiger partial charge in [0.1, 0.15) is 12.4 Å². The average molecular weight is 412 g/mol. The van der Waals surface area contributed by atoms with Gasteiger partial charge in [0.05, 0.1) is 17.1 Å². The normalized spacial score (nSPS) is 10.8. The van der Waals surface area contributed by atoms with Crippen LogP contribution in [0.2, 0.25) is 5.02 Å². The standard InChI is InChI=1S/C20H15ClFN5O2/c21-16-4-2-1-3-15(16)20(28)23-11-12-29-18-10-9-17-24-25-19(27(17)26-18)13-5-7-14(22)8-6-13/h1-10H,11-12H2,(H,23,28). The topological polar surface area (TPSA) is 81.4 Å². The summed E-state index contributed by atoms with van der Waals surface area (Å²) in [7, 11) is 0. The summed E-state index contributed by atoms with van der Waals surface area (Å²) >= 11 is 6.01. The number of ether oxygens (including phenoxy) is 1. The lowest BCUT2D eigenvalue weighted by Crippen LogP contribution is -2.28. The highest BCUT2D eigenvalue weighted by Crippen LogP contribution is 2.19. The molecule has 0 aliphatic rings. The highest BCUT2D eigenvalue weighted by molar-refractivity contribution is 6.33. The van der Waals surface area contributed by atoms with Crippen molar-refractivity contribution in [2.75, 3.05) is 13.2 Å². The molecule has 2 heterocycles. The van der Waals surface area contributed by atoms with E-state index in [2.05, 4.69) is 20.6 Å². The molecule has 146 valence electrons. The quantitative estimate of drug-likeness (QED) is 0.492. The zero-order valence-corrected chi connectivity index (χ0v) is 15.8. The first kappa shape index (κ1) is 18.8. The fourth-order valence-electron chi connectivity index (χ4n) is 2.69. The van der Waals surface area contributed by atoms with Crippen molar-refractivity contribution in [3.05, 3.63) is 77.1 Å². The second kappa shape index (κ2) is 8.24. The van der Waals surface area contributed by atoms with E-state index in [-0.39, 0.29) is 24.9 Å². The second-order valence-electron chi connectivity index (χ2n) is 6.06. The third kappa shape index (κ3) is 4.17. The Kier molecular flexibility index (Phi) is 5.35. The van der Waals surface area contributed by atoms with E-state index in [0.717, 1.165) is 0 Å². The minimum atomic E-state index is -0.335. The molecule has 0 atom stereocenters. The van der Waals surface area contributed by atoms with E-state index >= 15 is 0 Å². The number of fused-ring (bicyclic) bond motifs is 1. The molecule has 9 heteroatoms. The van der Waals surface area contributed by atoms with Gasteiger partial charge < -0.3 is 10.1 Å². The predicted molar refractivity (Wildman–Crippen MR) is 105 cm³/mol. The van der Waals surface area contributed by atoms with Crippen molar-refractivity contribution >= 4 is 23.2 Å². The van der Waals surface area contributed by atoms with E-state index in [0.29, 0.717) is 33.5 Å². The Morgan fingerprint density at radius 2 is 1.86 bits per heavy atom. The van der Waals surface area contributed by atoms with E-state index in [9.17, 15) is 9.18 Å². The van der Waals surface area contributed by atoms with Gasteiger partial charge in [-0.3, -0.25) is 4.79 Å². The number of halogens is 2. The van der Waals surface area contributed by atoms with Crippen LogP contribution in [0.4, 0.5) is 4.39 Å². The molecule has 1 amide bonds. The fraction of sp³-hybridized carbons (Fsp3) is 0.100. The molecule has 2 aromatic heterocycles. The number of hydrogen-bond donors (Lipinski definition) is 1. The molecule has 0 bridgehead atoms. The molecule has 0 aliphatic heterocycles. The van der Waals surface area contributed by atoms with E-state index < -0.39 is 0 Å². The number of amides is 1. The summed E-state index contributed by atoms with van der Waals surface area (Å²) in [6, 6.07) is 16.1. The predicted octanol–water partition coefficient (Wildman–Crippen LogP) is 3.39. The number of carbonyl (C=O) groups is 1. The summed E-state index contributed by atoms with van der Waals surface area (Å²) < 4.78 is 20.3. The second-order valence-corrected chi connectivity index (χ2v) is 6.46. The summed E-state index contributed by atoms with van der Waals surface area (Å²) in [4.78, 5) is 12.1. The minimum Gasteiger partial charge on any atom is -0.475 e. The molecule has 7 nitrogen and oxygen atoms in total. The van der Waals surface area contributed by atoms with Gasteiger partial charge in [0, 0.05) is 11.6 Å². The number of rotatable bonds is 6. The van der Waals surface area contributed by atoms with E-state index in [1.54, 1.807) is 48.5 Å². The zero-order valence-electron chi connectivity index (χ0n) is 15.0. The van der Waals surface area contributed by atoms with Gasteiger partial charge in [0.15, 0.2) is 11.5 Å². The molecule has 0 fully saturated rings. The highest BCUT2D eigenvalue weighted by Gasteiger charge is 2.11. The van der Waals surface area contributed by atoms with Gasteiger partial charge in [-0.2, -0.15) is 4.52 Å². The number of carbonyl (C=O) groups excluding carboxylic acids is 1. The van der Waals surface area contributed by atoms with Crippen LogP contribution in [0.1, 0.15) is 10.4 Å². The maximum atomic E-state index is 13.2. The van der Waals surface area contributed by atoms with Crippen LogP contribution in [0.5, 0.6) is 5.88 Å². The van der Waals surface area contributed by atoms with E-state index in [1.807, 2.05) is 0 Å². The van der Waals surface area contributed by atoms with Crippen LogP contribution in [0.15, 0.2) is 60.7 Å². The van der Waals surface area contributed by atoms with Gasteiger partial charge in [-0.25, -0.2) is 4.39 Å². The number of hydrogen-bond acceptors (Lipinski definition) is 5. The molecule has 0 radical (unpaired) electrons. The van der Waals surface area contributed by atoms with Crippen LogP contribution in [0.3, 0.4) is 0 Å². The average Bonchev–Trinajstić information content (AvgIpc) is 3.15. The molecule has 0 spiro atoms. The Morgan fingerprint density at radius 3 is 2.66 bits per heavy atom. The molecule has 4 aromatic rings. The summed E-state index contributed by atoms with van der Waals surface area (Å²) in [5.74, 6) is 0.198. The maximum Gasteiger partial charge on any atom is 0.252 e. The third-order valence-electron chi connectivity index (χ3n) is 4.10. The van der Waals surface area contributed by atoms with Gasteiger partial charge in [0.25, 0.3) is 5.91 Å². The summed E-state index contributed by atoms with van der Waals surface area (Å²) in [5, 5.41) is 15.6. The number of nitrogens with one attached hydrogen (secondary N) is 1. The van der Waals surface area contributed by atoms with Crippen molar-refractivity contribution in [1.82, 2.24) is 25.1 Å². The van der Waals surface area contributed by atoms with Crippen molar-refractivity contribution in [2.24, 2.45) is 0 Å². The van der Waals surface area contributed by atoms with Crippen molar-refractivity contribution in [3.63, 3.8) is 0 Å². The maximum absolute atomic E-state index is 13.2. The Bertz CT molecular complexity index is 1160. The molecule has 0 saturated heterocycles. The first-order chi connectivity index (χ1) is 14.1. The van der Waals surface area contributed by atoms with Crippen LogP contribution < -0.4 is 10.1 Å². The van der Waals surface area contributed by atoms with Crippen molar-refractivity contribution in [2.45, 2.75) is 0 Å². The van der Waals surface area contributed by atoms with Gasteiger partial charge >= 0.3 is 0 Å². The largest absolute Gasteiger partial charge is 0.475 e. The SMILES string of the molecule is O=C(NCCOc1ccc2nnc(-c3ccc(F)cc3)n2n1)c1ccccc1Cl. The molecule has 0 saturated carbocycles. The van der Waals surface area contributed by atoms with Gasteiger partial charge in [-0.05, 0) is 42.5 Å². The fourth-order valence-corrected chi connectivity index (χ4v) is 2.91. The molecular formula is C20H15ClFN5O2. The van der Waals surface area contributed by atoms with Crippen LogP contribution >= 0.6 is 11.6 Å². The van der Waals surface area contributed by atoms with Crippen molar-refractivity contribution in [1.29, 1.82) is 0 Å². The first-order valence-corrected chi connectivity index (χ1v) is 9.13. The Hall–Kier alpha value is -3.52. The lowest BCUT2D eigenvalue weighted by molar-refractivity contribution is 0.0946. The summed E-state index contributed by atoms with van der Waals surface area (Å²) in [6.07, 6.45) is 0. The van der Waals surface area contributed by atoms with Crippen molar-refractivity contribution in [3.8, 4) is 17.3 Å². The molecule has 0 aliphatic carbocycles. The van der Waals surface area contributed by atoms with Gasteiger partial charge in [-0.15, -0.1) is 15.3 Å². The lowest BCUT2D eigenvalue weighted by Gasteiger charge is -2.08. The van der Waals surface area contributed by atoms with E-state index in [1.165, 1.54) is 16.6 Å². The molecule has 1 N–H and O–H groups in total. The molecular weight excluding hydrogens is 397 g/mol. The van der Waals surface area contributed by atoms with Gasteiger partial charge in [-0.1, -0.05) is 23.7 Å². The molecule has 0 unspecified atom stereocenters. The monoisotopic (exact) mass is 411 g/mol. The number of aromatic nitrogens is 4. The smallest absolute Gasteiger partial charge is 0.252 e. The minimum absolute atomic E-state index is 0.211. The Morgan fingerprint density at radius 1 is 1.07 bits per heavy atom. The molecule has 29 heavy (non-hydrogen) atoms. The third-order valence-corrected chi connectivity index (χ3v) is 4.43. The van der Waals surface area contributed by atoms with E-state index in [4.69, 9.17) is 16.3 Å². The van der Waals surface area contributed by atoms with Crippen molar-refractivity contribution < 1.29 is 13.9 Å². The Labute approximate surface area is 170 Å². The summed E-state index contributed by atoms with van der Waals surface area (Å²) in [6.45, 7) is 0.486.